The topological polar surface area (TPSA) is 48.3 Å². The van der Waals surface area contributed by atoms with Gasteiger partial charge < -0.3 is 4.74 Å². The van der Waals surface area contributed by atoms with Gasteiger partial charge in [0.15, 0.2) is 0 Å². The molecule has 4 aromatic rings. The molecule has 4 rings (SSSR count). The Labute approximate surface area is 184 Å². The molecule has 0 amide bonds. The predicted octanol–water partition coefficient (Wildman–Crippen LogP) is 5.54. The number of hydrogen-bond donors (Lipinski definition) is 0. The van der Waals surface area contributed by atoms with E-state index in [-0.39, 0.29) is 17.8 Å². The highest BCUT2D eigenvalue weighted by Gasteiger charge is 2.24. The molecule has 0 unspecified atom stereocenters. The molecule has 1 aromatic heterocycles. The van der Waals surface area contributed by atoms with Gasteiger partial charge in [0, 0.05) is 21.5 Å². The standard InChI is InChI=1S/C24H16BrF2NO3/c1-31-24(30)22-21(15-5-3-2-4-6-15)20-11-16(25)7-8-19(20)23(29)28(22)13-14-9-17(26)12-18(27)10-14/h2-12H,13H2,1H3. The Kier molecular flexibility index (Phi) is 5.69. The molecular formula is C24H16BrF2NO3. The van der Waals surface area contributed by atoms with Crippen molar-refractivity contribution in [1.82, 2.24) is 4.57 Å². The van der Waals surface area contributed by atoms with E-state index in [1.54, 1.807) is 18.2 Å². The van der Waals surface area contributed by atoms with Crippen LogP contribution in [0.15, 0.2) is 76.0 Å². The molecule has 0 N–H and O–H groups in total. The first-order valence-corrected chi connectivity index (χ1v) is 10.1. The minimum absolute atomic E-state index is 0.00830. The van der Waals surface area contributed by atoms with Crippen molar-refractivity contribution in [3.05, 3.63) is 104 Å². The predicted molar refractivity (Wildman–Crippen MR) is 118 cm³/mol. The third kappa shape index (κ3) is 4.01. The van der Waals surface area contributed by atoms with Gasteiger partial charge in [0.25, 0.3) is 5.56 Å². The van der Waals surface area contributed by atoms with Gasteiger partial charge in [-0.3, -0.25) is 9.36 Å². The van der Waals surface area contributed by atoms with Crippen molar-refractivity contribution in [2.24, 2.45) is 0 Å². The summed E-state index contributed by atoms with van der Waals surface area (Å²) in [5.74, 6) is -2.26. The maximum Gasteiger partial charge on any atom is 0.355 e. The number of carbonyl (C=O) groups is 1. The molecule has 0 spiro atoms. The summed E-state index contributed by atoms with van der Waals surface area (Å²) in [5.41, 5.74) is 0.951. The van der Waals surface area contributed by atoms with E-state index in [1.807, 2.05) is 30.3 Å². The van der Waals surface area contributed by atoms with Crippen LogP contribution in [0.25, 0.3) is 21.9 Å². The third-order valence-electron chi connectivity index (χ3n) is 4.94. The van der Waals surface area contributed by atoms with Gasteiger partial charge in [-0.25, -0.2) is 13.6 Å². The lowest BCUT2D eigenvalue weighted by Gasteiger charge is -2.19. The molecule has 0 aliphatic carbocycles. The molecule has 0 saturated carbocycles. The SMILES string of the molecule is COC(=O)c1c(-c2ccccc2)c2cc(Br)ccc2c(=O)n1Cc1cc(F)cc(F)c1. The first kappa shape index (κ1) is 20.9. The summed E-state index contributed by atoms with van der Waals surface area (Å²) >= 11 is 3.42. The molecule has 156 valence electrons. The van der Waals surface area contributed by atoms with Gasteiger partial charge in [-0.2, -0.15) is 0 Å². The zero-order valence-corrected chi connectivity index (χ0v) is 17.9. The van der Waals surface area contributed by atoms with Crippen LogP contribution in [0.3, 0.4) is 0 Å². The quantitative estimate of drug-likeness (QED) is 0.358. The Hall–Kier alpha value is -3.32. The van der Waals surface area contributed by atoms with Gasteiger partial charge in [0.2, 0.25) is 0 Å². The number of halogens is 3. The van der Waals surface area contributed by atoms with Crippen LogP contribution < -0.4 is 5.56 Å². The summed E-state index contributed by atoms with van der Waals surface area (Å²) in [4.78, 5) is 26.3. The Bertz CT molecular complexity index is 1350. The van der Waals surface area contributed by atoms with E-state index in [9.17, 15) is 18.4 Å². The van der Waals surface area contributed by atoms with E-state index in [0.29, 0.717) is 21.9 Å². The number of hydrogen-bond acceptors (Lipinski definition) is 3. The van der Waals surface area contributed by atoms with Crippen molar-refractivity contribution in [2.45, 2.75) is 6.54 Å². The fourth-order valence-corrected chi connectivity index (χ4v) is 4.02. The average molecular weight is 484 g/mol. The Morgan fingerprint density at radius 2 is 1.65 bits per heavy atom. The van der Waals surface area contributed by atoms with Crippen LogP contribution in [0.5, 0.6) is 0 Å². The van der Waals surface area contributed by atoms with E-state index in [1.165, 1.54) is 11.7 Å². The first-order valence-electron chi connectivity index (χ1n) is 9.34. The lowest BCUT2D eigenvalue weighted by molar-refractivity contribution is 0.0588. The molecule has 0 saturated heterocycles. The zero-order chi connectivity index (χ0) is 22.1. The number of rotatable bonds is 4. The summed E-state index contributed by atoms with van der Waals surface area (Å²) in [5, 5.41) is 0.930. The van der Waals surface area contributed by atoms with Gasteiger partial charge in [0.05, 0.1) is 13.7 Å². The van der Waals surface area contributed by atoms with Crippen molar-refractivity contribution in [3.8, 4) is 11.1 Å². The summed E-state index contributed by atoms with van der Waals surface area (Å²) in [6, 6.07) is 17.3. The number of methoxy groups -OCH3 is 1. The molecule has 0 radical (unpaired) electrons. The number of nitrogens with zero attached hydrogens (tertiary/aromatic N) is 1. The number of benzene rings is 3. The number of aromatic nitrogens is 1. The normalized spacial score (nSPS) is 11.0. The number of pyridine rings is 1. The van der Waals surface area contributed by atoms with Crippen LogP contribution in [-0.2, 0) is 11.3 Å². The van der Waals surface area contributed by atoms with Crippen LogP contribution in [-0.4, -0.2) is 17.6 Å². The van der Waals surface area contributed by atoms with E-state index in [0.717, 1.165) is 22.7 Å². The molecule has 0 aliphatic heterocycles. The smallest absolute Gasteiger partial charge is 0.355 e. The van der Waals surface area contributed by atoms with Crippen molar-refractivity contribution >= 4 is 32.7 Å². The molecule has 1 heterocycles. The van der Waals surface area contributed by atoms with Crippen molar-refractivity contribution < 1.29 is 18.3 Å². The fourth-order valence-electron chi connectivity index (χ4n) is 3.66. The summed E-state index contributed by atoms with van der Waals surface area (Å²) < 4.78 is 34.5. The molecule has 4 nitrogen and oxygen atoms in total. The van der Waals surface area contributed by atoms with Gasteiger partial charge >= 0.3 is 5.97 Å². The Morgan fingerprint density at radius 1 is 0.968 bits per heavy atom. The maximum absolute atomic E-state index is 13.8. The largest absolute Gasteiger partial charge is 0.464 e. The molecular weight excluding hydrogens is 468 g/mol. The zero-order valence-electron chi connectivity index (χ0n) is 16.4. The molecule has 0 aliphatic rings. The van der Waals surface area contributed by atoms with Crippen molar-refractivity contribution in [1.29, 1.82) is 0 Å². The van der Waals surface area contributed by atoms with Crippen LogP contribution in [0.4, 0.5) is 8.78 Å². The van der Waals surface area contributed by atoms with Gasteiger partial charge in [-0.1, -0.05) is 46.3 Å². The molecule has 31 heavy (non-hydrogen) atoms. The maximum atomic E-state index is 13.8. The monoisotopic (exact) mass is 483 g/mol. The van der Waals surface area contributed by atoms with Crippen LogP contribution >= 0.6 is 15.9 Å². The molecule has 3 aromatic carbocycles. The highest BCUT2D eigenvalue weighted by Crippen LogP contribution is 2.33. The highest BCUT2D eigenvalue weighted by molar-refractivity contribution is 9.10. The Balaban J connectivity index is 2.12. The number of carbonyl (C=O) groups excluding carboxylic acids is 1. The minimum atomic E-state index is -0.768. The average Bonchev–Trinajstić information content (AvgIpc) is 2.74. The fraction of sp³-hybridized carbons (Fsp3) is 0.0833. The van der Waals surface area contributed by atoms with E-state index >= 15 is 0 Å². The van der Waals surface area contributed by atoms with E-state index in [4.69, 9.17) is 4.74 Å². The highest BCUT2D eigenvalue weighted by atomic mass is 79.9. The first-order chi connectivity index (χ1) is 14.9. The lowest BCUT2D eigenvalue weighted by Crippen LogP contribution is -2.28. The number of ether oxygens (including phenoxy) is 1. The van der Waals surface area contributed by atoms with E-state index in [2.05, 4.69) is 15.9 Å². The van der Waals surface area contributed by atoms with Gasteiger partial charge in [0.1, 0.15) is 17.3 Å². The second-order valence-electron chi connectivity index (χ2n) is 6.94. The van der Waals surface area contributed by atoms with E-state index < -0.39 is 23.2 Å². The van der Waals surface area contributed by atoms with Crippen LogP contribution in [0.2, 0.25) is 0 Å². The minimum Gasteiger partial charge on any atom is -0.464 e. The summed E-state index contributed by atoms with van der Waals surface area (Å²) in [6.45, 7) is -0.205. The molecule has 0 bridgehead atoms. The molecule has 7 heteroatoms. The number of fused-ring (bicyclic) bond motifs is 1. The number of esters is 1. The second kappa shape index (κ2) is 8.43. The molecule has 0 atom stereocenters. The van der Waals surface area contributed by atoms with Gasteiger partial charge in [-0.05, 0) is 46.8 Å². The Morgan fingerprint density at radius 3 is 2.29 bits per heavy atom. The lowest BCUT2D eigenvalue weighted by atomic mass is 9.96. The summed E-state index contributed by atoms with van der Waals surface area (Å²) in [7, 11) is 1.22. The van der Waals surface area contributed by atoms with Crippen LogP contribution in [0, 0.1) is 11.6 Å². The summed E-state index contributed by atoms with van der Waals surface area (Å²) in [6.07, 6.45) is 0. The van der Waals surface area contributed by atoms with Crippen molar-refractivity contribution in [2.75, 3.05) is 7.11 Å². The van der Waals surface area contributed by atoms with Crippen LogP contribution in [0.1, 0.15) is 16.1 Å². The molecule has 0 fully saturated rings. The second-order valence-corrected chi connectivity index (χ2v) is 7.86. The van der Waals surface area contributed by atoms with Crippen molar-refractivity contribution in [3.63, 3.8) is 0 Å². The third-order valence-corrected chi connectivity index (χ3v) is 5.43. The van der Waals surface area contributed by atoms with Gasteiger partial charge in [-0.15, -0.1) is 0 Å².